The number of nitrogens with zero attached hydrogens (tertiary/aromatic N) is 2. The van der Waals surface area contributed by atoms with Crippen LogP contribution in [0.15, 0.2) is 12.4 Å². The van der Waals surface area contributed by atoms with Gasteiger partial charge in [0, 0.05) is 19.8 Å². The zero-order valence-corrected chi connectivity index (χ0v) is 10.1. The summed E-state index contributed by atoms with van der Waals surface area (Å²) in [5.41, 5.74) is 6.83. The lowest BCUT2D eigenvalue weighted by Gasteiger charge is -2.14. The van der Waals surface area contributed by atoms with Crippen LogP contribution < -0.4 is 11.1 Å². The van der Waals surface area contributed by atoms with Gasteiger partial charge in [-0.3, -0.25) is 9.48 Å². The lowest BCUT2D eigenvalue weighted by atomic mass is 10.1. The minimum absolute atomic E-state index is 0.0844. The number of hydrogen-bond donors (Lipinski definition) is 2. The second-order valence-corrected chi connectivity index (χ2v) is 4.33. The minimum Gasteiger partial charge on any atom is -0.354 e. The molecule has 0 fully saturated rings. The van der Waals surface area contributed by atoms with Gasteiger partial charge in [-0.2, -0.15) is 5.10 Å². The summed E-state index contributed by atoms with van der Waals surface area (Å²) in [7, 11) is 1.87. The zero-order chi connectivity index (χ0) is 12.1. The van der Waals surface area contributed by atoms with E-state index in [0.29, 0.717) is 6.54 Å². The van der Waals surface area contributed by atoms with E-state index in [4.69, 9.17) is 5.73 Å². The number of aromatic nitrogens is 2. The Balaban J connectivity index is 2.28. The third-order valence-corrected chi connectivity index (χ3v) is 2.49. The summed E-state index contributed by atoms with van der Waals surface area (Å²) in [6.45, 7) is 4.47. The summed E-state index contributed by atoms with van der Waals surface area (Å²) in [4.78, 5) is 11.5. The van der Waals surface area contributed by atoms with E-state index in [-0.39, 0.29) is 11.8 Å². The lowest BCUT2D eigenvalue weighted by Crippen LogP contribution is -2.44. The van der Waals surface area contributed by atoms with E-state index in [2.05, 4.69) is 10.4 Å². The minimum atomic E-state index is -0.422. The average molecular weight is 224 g/mol. The van der Waals surface area contributed by atoms with E-state index < -0.39 is 6.04 Å². The van der Waals surface area contributed by atoms with Crippen LogP contribution in [-0.4, -0.2) is 28.3 Å². The summed E-state index contributed by atoms with van der Waals surface area (Å²) in [5.74, 6) is 0.0808. The van der Waals surface area contributed by atoms with Crippen LogP contribution in [0, 0.1) is 5.92 Å². The van der Waals surface area contributed by atoms with Crippen molar-refractivity contribution in [2.45, 2.75) is 26.3 Å². The van der Waals surface area contributed by atoms with Gasteiger partial charge in [0.1, 0.15) is 0 Å². The molecule has 1 atom stereocenters. The van der Waals surface area contributed by atoms with Crippen LogP contribution in [0.5, 0.6) is 0 Å². The van der Waals surface area contributed by atoms with Gasteiger partial charge in [0.2, 0.25) is 5.91 Å². The van der Waals surface area contributed by atoms with Crippen molar-refractivity contribution in [1.29, 1.82) is 0 Å². The molecule has 0 aromatic carbocycles. The SMILES string of the molecule is CC(C)C(N)C(=O)NCCc1cnn(C)c1. The van der Waals surface area contributed by atoms with E-state index >= 15 is 0 Å². The molecule has 0 saturated carbocycles. The first-order chi connectivity index (χ1) is 7.50. The Morgan fingerprint density at radius 3 is 2.81 bits per heavy atom. The molecule has 0 radical (unpaired) electrons. The van der Waals surface area contributed by atoms with Crippen molar-refractivity contribution < 1.29 is 4.79 Å². The van der Waals surface area contributed by atoms with Gasteiger partial charge in [0.15, 0.2) is 0 Å². The lowest BCUT2D eigenvalue weighted by molar-refractivity contribution is -0.123. The predicted octanol–water partition coefficient (Wildman–Crippen LogP) is 0.0621. The number of carbonyl (C=O) groups excluding carboxylic acids is 1. The van der Waals surface area contributed by atoms with Crippen molar-refractivity contribution in [3.8, 4) is 0 Å². The number of nitrogens with two attached hydrogens (primary N) is 1. The summed E-state index contributed by atoms with van der Waals surface area (Å²) >= 11 is 0. The number of nitrogens with one attached hydrogen (secondary N) is 1. The van der Waals surface area contributed by atoms with Gasteiger partial charge in [-0.15, -0.1) is 0 Å². The number of hydrogen-bond acceptors (Lipinski definition) is 3. The molecule has 0 spiro atoms. The van der Waals surface area contributed by atoms with E-state index in [1.807, 2.05) is 27.1 Å². The van der Waals surface area contributed by atoms with Crippen molar-refractivity contribution in [3.05, 3.63) is 18.0 Å². The second kappa shape index (κ2) is 5.65. The van der Waals surface area contributed by atoms with Crippen molar-refractivity contribution in [1.82, 2.24) is 15.1 Å². The van der Waals surface area contributed by atoms with Gasteiger partial charge in [-0.1, -0.05) is 13.8 Å². The van der Waals surface area contributed by atoms with Crippen LogP contribution in [0.4, 0.5) is 0 Å². The van der Waals surface area contributed by atoms with Gasteiger partial charge in [0.25, 0.3) is 0 Å². The number of rotatable bonds is 5. The van der Waals surface area contributed by atoms with Gasteiger partial charge in [-0.25, -0.2) is 0 Å². The summed E-state index contributed by atoms with van der Waals surface area (Å²) < 4.78 is 1.75. The molecule has 1 rings (SSSR count). The normalized spacial score (nSPS) is 12.8. The Labute approximate surface area is 96.0 Å². The highest BCUT2D eigenvalue weighted by Crippen LogP contribution is 1.99. The predicted molar refractivity (Wildman–Crippen MR) is 62.7 cm³/mol. The van der Waals surface area contributed by atoms with Crippen LogP contribution >= 0.6 is 0 Å². The fraction of sp³-hybridized carbons (Fsp3) is 0.636. The molecule has 1 unspecified atom stereocenters. The van der Waals surface area contributed by atoms with Gasteiger partial charge in [-0.05, 0) is 17.9 Å². The number of amides is 1. The standard InChI is InChI=1S/C11H20N4O/c1-8(2)10(12)11(16)13-5-4-9-6-14-15(3)7-9/h6-8,10H,4-5,12H2,1-3H3,(H,13,16). The molecule has 1 aromatic rings. The molecule has 0 aliphatic carbocycles. The molecule has 90 valence electrons. The van der Waals surface area contributed by atoms with E-state index in [1.54, 1.807) is 10.9 Å². The molecule has 5 heteroatoms. The maximum atomic E-state index is 11.5. The van der Waals surface area contributed by atoms with Gasteiger partial charge >= 0.3 is 0 Å². The quantitative estimate of drug-likeness (QED) is 0.743. The number of aryl methyl sites for hydroxylation is 1. The molecular formula is C11H20N4O. The fourth-order valence-electron chi connectivity index (χ4n) is 1.35. The Morgan fingerprint density at radius 2 is 2.31 bits per heavy atom. The first-order valence-corrected chi connectivity index (χ1v) is 5.51. The molecule has 1 aromatic heterocycles. The van der Waals surface area contributed by atoms with Crippen LogP contribution in [0.3, 0.4) is 0 Å². The van der Waals surface area contributed by atoms with Crippen LogP contribution in [-0.2, 0) is 18.3 Å². The molecule has 1 heterocycles. The summed E-state index contributed by atoms with van der Waals surface area (Å²) in [6, 6.07) is -0.422. The highest BCUT2D eigenvalue weighted by atomic mass is 16.2. The smallest absolute Gasteiger partial charge is 0.237 e. The van der Waals surface area contributed by atoms with Crippen molar-refractivity contribution in [3.63, 3.8) is 0 Å². The molecule has 5 nitrogen and oxygen atoms in total. The first kappa shape index (κ1) is 12.7. The maximum Gasteiger partial charge on any atom is 0.237 e. The largest absolute Gasteiger partial charge is 0.354 e. The van der Waals surface area contributed by atoms with E-state index in [9.17, 15) is 4.79 Å². The molecule has 0 bridgehead atoms. The monoisotopic (exact) mass is 224 g/mol. The third-order valence-electron chi connectivity index (χ3n) is 2.49. The zero-order valence-electron chi connectivity index (χ0n) is 10.1. The summed E-state index contributed by atoms with van der Waals surface area (Å²) in [5, 5.41) is 6.88. The van der Waals surface area contributed by atoms with Crippen LogP contribution in [0.2, 0.25) is 0 Å². The maximum absolute atomic E-state index is 11.5. The highest BCUT2D eigenvalue weighted by molar-refractivity contribution is 5.81. The molecule has 1 amide bonds. The van der Waals surface area contributed by atoms with Crippen LogP contribution in [0.1, 0.15) is 19.4 Å². The molecular weight excluding hydrogens is 204 g/mol. The first-order valence-electron chi connectivity index (χ1n) is 5.51. The van der Waals surface area contributed by atoms with Crippen molar-refractivity contribution in [2.75, 3.05) is 6.54 Å². The molecule has 0 aliphatic rings. The van der Waals surface area contributed by atoms with Crippen molar-refractivity contribution >= 4 is 5.91 Å². The fourth-order valence-corrected chi connectivity index (χ4v) is 1.35. The Bertz CT molecular complexity index is 346. The topological polar surface area (TPSA) is 72.9 Å². The molecule has 0 aliphatic heterocycles. The van der Waals surface area contributed by atoms with Gasteiger partial charge in [0.05, 0.1) is 12.2 Å². The Hall–Kier alpha value is -1.36. The van der Waals surface area contributed by atoms with Crippen molar-refractivity contribution in [2.24, 2.45) is 18.7 Å². The Kier molecular flexibility index (Phi) is 4.49. The van der Waals surface area contributed by atoms with E-state index in [0.717, 1.165) is 12.0 Å². The Morgan fingerprint density at radius 1 is 1.62 bits per heavy atom. The third kappa shape index (κ3) is 3.66. The number of carbonyl (C=O) groups is 1. The molecule has 3 N–H and O–H groups in total. The average Bonchev–Trinajstić information content (AvgIpc) is 2.62. The van der Waals surface area contributed by atoms with Gasteiger partial charge < -0.3 is 11.1 Å². The molecule has 0 saturated heterocycles. The molecule has 16 heavy (non-hydrogen) atoms. The second-order valence-electron chi connectivity index (χ2n) is 4.33. The summed E-state index contributed by atoms with van der Waals surface area (Å²) in [6.07, 6.45) is 4.52. The highest BCUT2D eigenvalue weighted by Gasteiger charge is 2.16. The van der Waals surface area contributed by atoms with E-state index in [1.165, 1.54) is 0 Å². The van der Waals surface area contributed by atoms with Crippen LogP contribution in [0.25, 0.3) is 0 Å².